The minimum absolute atomic E-state index is 1.28. The number of benzene rings is 2. The molecule has 0 aliphatic rings. The summed E-state index contributed by atoms with van der Waals surface area (Å²) in [4.78, 5) is 0. The molecule has 0 bridgehead atoms. The molecule has 0 unspecified atom stereocenters. The molecule has 122 valence electrons. The van der Waals surface area contributed by atoms with Crippen LogP contribution in [0.3, 0.4) is 0 Å². The van der Waals surface area contributed by atoms with Gasteiger partial charge in [-0.25, -0.2) is 0 Å². The normalized spacial score (nSPS) is 10.6. The summed E-state index contributed by atoms with van der Waals surface area (Å²) >= 11 is 2.97. The molecule has 0 aliphatic carbocycles. The summed E-state index contributed by atoms with van der Waals surface area (Å²) in [5.74, 6) is 0. The van der Waals surface area contributed by atoms with Crippen molar-refractivity contribution in [2.75, 3.05) is 6.26 Å². The van der Waals surface area contributed by atoms with Gasteiger partial charge in [-0.15, -0.1) is 0 Å². The molecule has 0 aromatic heterocycles. The van der Waals surface area contributed by atoms with E-state index >= 15 is 0 Å². The van der Waals surface area contributed by atoms with Crippen molar-refractivity contribution in [3.05, 3.63) is 60.7 Å². The van der Waals surface area contributed by atoms with Gasteiger partial charge < -0.3 is 0 Å². The first kappa shape index (κ1) is 20.5. The van der Waals surface area contributed by atoms with Crippen LogP contribution in [0, 0.1) is 0 Å². The number of rotatable bonds is 1. The highest BCUT2D eigenvalue weighted by atomic mass is 32.2. The van der Waals surface area contributed by atoms with Crippen LogP contribution in [0.1, 0.15) is 0 Å². The predicted molar refractivity (Wildman–Crippen MR) is 85.6 cm³/mol. The molecule has 1 N–H and O–H groups in total. The molecule has 0 fully saturated rings. The van der Waals surface area contributed by atoms with Crippen LogP contribution in [-0.4, -0.2) is 24.7 Å². The Morgan fingerprint density at radius 3 is 1.23 bits per heavy atom. The van der Waals surface area contributed by atoms with E-state index in [-0.39, 0.29) is 0 Å². The van der Waals surface area contributed by atoms with Crippen LogP contribution in [0.25, 0.3) is 11.1 Å². The van der Waals surface area contributed by atoms with E-state index in [0.29, 0.717) is 0 Å². The molecule has 0 atom stereocenters. The number of halogens is 3. The zero-order chi connectivity index (χ0) is 17.2. The Labute approximate surface area is 133 Å². The average molecular weight is 353 g/mol. The summed E-state index contributed by atoms with van der Waals surface area (Å²) in [6.07, 6.45) is 1.81. The maximum Gasteiger partial charge on any atom is 0.522 e. The Hall–Kier alpha value is -1.51. The maximum absolute atomic E-state index is 10.7. The molecule has 0 saturated heterocycles. The third kappa shape index (κ3) is 7.48. The van der Waals surface area contributed by atoms with E-state index in [1.54, 1.807) is 6.26 Å². The third-order valence-corrected chi connectivity index (χ3v) is 2.76. The Morgan fingerprint density at radius 1 is 0.818 bits per heavy atom. The van der Waals surface area contributed by atoms with Gasteiger partial charge in [0.15, 0.2) is 0 Å². The summed E-state index contributed by atoms with van der Waals surface area (Å²) in [5, 5.41) is 0. The lowest BCUT2D eigenvalue weighted by Crippen LogP contribution is -2.21. The third-order valence-electron chi connectivity index (χ3n) is 2.17. The van der Waals surface area contributed by atoms with Gasteiger partial charge >= 0.3 is 15.6 Å². The predicted octanol–water partition coefficient (Wildman–Crippen LogP) is 3.38. The van der Waals surface area contributed by atoms with E-state index in [0.717, 1.165) is 0 Å². The minimum atomic E-state index is -5.84. The molecular weight excluding hydrogens is 337 g/mol. The molecule has 22 heavy (non-hydrogen) atoms. The van der Waals surface area contributed by atoms with E-state index in [2.05, 4.69) is 61.2 Å². The van der Waals surface area contributed by atoms with Crippen LogP contribution in [-0.2, 0) is 22.7 Å². The summed E-state index contributed by atoms with van der Waals surface area (Å²) in [6.45, 7) is 0. The van der Waals surface area contributed by atoms with Crippen molar-refractivity contribution < 1.29 is 26.1 Å². The molecule has 0 radical (unpaired) electrons. The van der Waals surface area contributed by atoms with Crippen molar-refractivity contribution in [2.45, 2.75) is 5.51 Å². The van der Waals surface area contributed by atoms with Crippen LogP contribution in [0.15, 0.2) is 60.7 Å². The molecule has 0 aliphatic heterocycles. The summed E-state index contributed by atoms with van der Waals surface area (Å²) < 4.78 is 57.5. The summed E-state index contributed by atoms with van der Waals surface area (Å²) in [6, 6.07) is 20.8. The minimum Gasteiger partial charge on any atom is -0.279 e. The molecule has 0 spiro atoms. The van der Waals surface area contributed by atoms with E-state index in [1.807, 2.05) is 12.1 Å². The van der Waals surface area contributed by atoms with E-state index in [4.69, 9.17) is 13.0 Å². The smallest absolute Gasteiger partial charge is 0.279 e. The summed E-state index contributed by atoms with van der Waals surface area (Å²) in [5.41, 5.74) is -2.98. The quantitative estimate of drug-likeness (QED) is 0.486. The summed E-state index contributed by atoms with van der Waals surface area (Å²) in [7, 11) is -5.84. The number of hydrogen-bond acceptors (Lipinski definition) is 2. The standard InChI is InChI=1S/C12H10.CHF3O3S.CH4S/c1-3-7-11(8-4-1)12-9-5-2-6-10-12;2-1(3,4)8(5,6)7;1-2/h1-10H;(H,5,6,7);2H,1H3/p+1. The number of alkyl halides is 3. The Balaban J connectivity index is 0.000000388. The second kappa shape index (κ2) is 9.50. The van der Waals surface area contributed by atoms with Crippen molar-refractivity contribution >= 4 is 22.7 Å². The van der Waals surface area contributed by atoms with Gasteiger partial charge in [0.2, 0.25) is 0 Å². The van der Waals surface area contributed by atoms with Crippen LogP contribution in [0.4, 0.5) is 13.2 Å². The van der Waals surface area contributed by atoms with Gasteiger partial charge in [0.1, 0.15) is 0 Å². The molecular formula is C14H16F3O3S2+. The molecule has 0 heterocycles. The van der Waals surface area contributed by atoms with Crippen molar-refractivity contribution in [1.82, 2.24) is 0 Å². The molecule has 8 heteroatoms. The Morgan fingerprint density at radius 2 is 1.05 bits per heavy atom. The molecule has 3 nitrogen and oxygen atoms in total. The Bertz CT molecular complexity index is 590. The molecule has 0 amide bonds. The molecule has 2 aromatic carbocycles. The lowest BCUT2D eigenvalue weighted by molar-refractivity contribution is -0.0510. The van der Waals surface area contributed by atoms with Crippen molar-refractivity contribution in [3.8, 4) is 11.1 Å². The average Bonchev–Trinajstić information content (AvgIpc) is 2.50. The highest BCUT2D eigenvalue weighted by Crippen LogP contribution is 2.20. The van der Waals surface area contributed by atoms with Crippen molar-refractivity contribution in [3.63, 3.8) is 0 Å². The fraction of sp³-hybridized carbons (Fsp3) is 0.143. The zero-order valence-electron chi connectivity index (χ0n) is 11.6. The van der Waals surface area contributed by atoms with Crippen LogP contribution in [0.2, 0.25) is 0 Å². The van der Waals surface area contributed by atoms with E-state index < -0.39 is 15.6 Å². The second-order valence-corrected chi connectivity index (χ2v) is 5.07. The van der Waals surface area contributed by atoms with Gasteiger partial charge in [-0.2, -0.15) is 21.6 Å². The first-order valence-electron chi connectivity index (χ1n) is 5.86. The van der Waals surface area contributed by atoms with Gasteiger partial charge in [-0.1, -0.05) is 60.7 Å². The van der Waals surface area contributed by atoms with Gasteiger partial charge in [0, 0.05) is 0 Å². The highest BCUT2D eigenvalue weighted by Gasteiger charge is 2.44. The lowest BCUT2D eigenvalue weighted by atomic mass is 10.1. The fourth-order valence-corrected chi connectivity index (χ4v) is 1.26. The van der Waals surface area contributed by atoms with Crippen LogP contribution in [0.5, 0.6) is 0 Å². The lowest BCUT2D eigenvalue weighted by Gasteiger charge is -1.98. The fourth-order valence-electron chi connectivity index (χ4n) is 1.26. The van der Waals surface area contributed by atoms with Gasteiger partial charge in [-0.05, 0) is 23.8 Å². The van der Waals surface area contributed by atoms with Gasteiger partial charge in [0.05, 0.1) is 6.26 Å². The highest BCUT2D eigenvalue weighted by molar-refractivity contribution is 7.86. The molecule has 0 saturated carbocycles. The topological polar surface area (TPSA) is 54.4 Å². The van der Waals surface area contributed by atoms with E-state index in [1.165, 1.54) is 11.1 Å². The maximum atomic E-state index is 10.7. The second-order valence-electron chi connectivity index (χ2n) is 3.65. The zero-order valence-corrected chi connectivity index (χ0v) is 13.4. The number of hydrogen-bond donors (Lipinski definition) is 1. The first-order chi connectivity index (χ1) is 10.2. The molecule has 2 rings (SSSR count). The van der Waals surface area contributed by atoms with Crippen LogP contribution >= 0.6 is 0 Å². The SMILES string of the molecule is C[SH2+].O=S(=O)(O)C(F)(F)F.c1ccc(-c2ccccc2)cc1. The Kier molecular flexibility index (Phi) is 8.84. The first-order valence-corrected chi connectivity index (χ1v) is 8.30. The van der Waals surface area contributed by atoms with Crippen molar-refractivity contribution in [2.24, 2.45) is 0 Å². The monoisotopic (exact) mass is 353 g/mol. The van der Waals surface area contributed by atoms with Gasteiger partial charge in [-0.3, -0.25) is 4.55 Å². The van der Waals surface area contributed by atoms with Crippen LogP contribution < -0.4 is 0 Å². The molecule has 2 aromatic rings. The van der Waals surface area contributed by atoms with Crippen molar-refractivity contribution in [1.29, 1.82) is 0 Å². The largest absolute Gasteiger partial charge is 0.522 e. The van der Waals surface area contributed by atoms with Gasteiger partial charge in [0.25, 0.3) is 0 Å². The van der Waals surface area contributed by atoms with E-state index in [9.17, 15) is 13.2 Å².